The number of benzene rings is 1. The highest BCUT2D eigenvalue weighted by molar-refractivity contribution is 7.89. The Bertz CT molecular complexity index is 403. The van der Waals surface area contributed by atoms with Gasteiger partial charge in [0.2, 0.25) is 10.0 Å². The van der Waals surface area contributed by atoms with Crippen molar-refractivity contribution in [2.75, 3.05) is 6.54 Å². The average molecular weight is 195 g/mol. The standard InChI is InChI=1S/C9H9NO2S/c1-2-8-10-13(11,12)9-6-4-3-5-7-9/h1,3-7,10H,8H2. The summed E-state index contributed by atoms with van der Waals surface area (Å²) in [6, 6.07) is 8.09. The minimum Gasteiger partial charge on any atom is -0.207 e. The molecular weight excluding hydrogens is 186 g/mol. The van der Waals surface area contributed by atoms with Gasteiger partial charge >= 0.3 is 0 Å². The lowest BCUT2D eigenvalue weighted by Crippen LogP contribution is -2.23. The minimum atomic E-state index is -3.41. The number of rotatable bonds is 3. The Balaban J connectivity index is 2.90. The summed E-state index contributed by atoms with van der Waals surface area (Å²) in [5.41, 5.74) is 0. The first-order valence-corrected chi connectivity index (χ1v) is 5.13. The van der Waals surface area contributed by atoms with Gasteiger partial charge in [-0.05, 0) is 12.1 Å². The van der Waals surface area contributed by atoms with Crippen LogP contribution >= 0.6 is 0 Å². The van der Waals surface area contributed by atoms with E-state index in [0.717, 1.165) is 0 Å². The zero-order valence-electron chi connectivity index (χ0n) is 6.90. The molecule has 0 atom stereocenters. The third-order valence-electron chi connectivity index (χ3n) is 1.42. The Hall–Kier alpha value is -1.31. The number of nitrogens with one attached hydrogen (secondary N) is 1. The molecule has 0 unspecified atom stereocenters. The first-order valence-electron chi connectivity index (χ1n) is 3.65. The van der Waals surface area contributed by atoms with E-state index in [9.17, 15) is 8.42 Å². The lowest BCUT2D eigenvalue weighted by molar-refractivity contribution is 0.586. The second-order valence-electron chi connectivity index (χ2n) is 2.34. The first kappa shape index (κ1) is 9.78. The molecule has 0 aliphatic heterocycles. The normalized spacial score (nSPS) is 10.7. The van der Waals surface area contributed by atoms with Crippen LogP contribution in [0.1, 0.15) is 0 Å². The van der Waals surface area contributed by atoms with Crippen LogP contribution in [-0.2, 0) is 10.0 Å². The Kier molecular flexibility index (Phi) is 3.07. The van der Waals surface area contributed by atoms with Gasteiger partial charge < -0.3 is 0 Å². The number of sulfonamides is 1. The second-order valence-corrected chi connectivity index (χ2v) is 4.11. The Morgan fingerprint density at radius 3 is 2.46 bits per heavy atom. The van der Waals surface area contributed by atoms with Crippen molar-refractivity contribution in [2.45, 2.75) is 4.90 Å². The first-order chi connectivity index (χ1) is 6.17. The van der Waals surface area contributed by atoms with Crippen molar-refractivity contribution >= 4 is 10.0 Å². The fraction of sp³-hybridized carbons (Fsp3) is 0.111. The van der Waals surface area contributed by atoms with E-state index in [2.05, 4.69) is 10.6 Å². The van der Waals surface area contributed by atoms with Gasteiger partial charge in [-0.1, -0.05) is 24.1 Å². The van der Waals surface area contributed by atoms with Crippen LogP contribution < -0.4 is 4.72 Å². The van der Waals surface area contributed by atoms with Gasteiger partial charge in [-0.15, -0.1) is 6.42 Å². The van der Waals surface area contributed by atoms with Gasteiger partial charge in [0.1, 0.15) is 0 Å². The molecule has 0 saturated carbocycles. The third-order valence-corrected chi connectivity index (χ3v) is 2.83. The van der Waals surface area contributed by atoms with E-state index in [1.807, 2.05) is 0 Å². The molecule has 3 nitrogen and oxygen atoms in total. The second kappa shape index (κ2) is 4.08. The maximum absolute atomic E-state index is 11.4. The molecule has 0 heterocycles. The lowest BCUT2D eigenvalue weighted by atomic mass is 10.4. The van der Waals surface area contributed by atoms with Crippen molar-refractivity contribution in [1.29, 1.82) is 0 Å². The molecule has 0 amide bonds. The number of terminal acetylenes is 1. The summed E-state index contributed by atoms with van der Waals surface area (Å²) < 4.78 is 25.0. The zero-order chi connectivity index (χ0) is 9.73. The van der Waals surface area contributed by atoms with Crippen LogP contribution in [0.25, 0.3) is 0 Å². The Morgan fingerprint density at radius 1 is 1.31 bits per heavy atom. The van der Waals surface area contributed by atoms with Gasteiger partial charge in [0.25, 0.3) is 0 Å². The van der Waals surface area contributed by atoms with E-state index >= 15 is 0 Å². The molecule has 0 bridgehead atoms. The smallest absolute Gasteiger partial charge is 0.207 e. The number of hydrogen-bond acceptors (Lipinski definition) is 2. The monoisotopic (exact) mass is 195 g/mol. The molecule has 13 heavy (non-hydrogen) atoms. The minimum absolute atomic E-state index is 0.0111. The molecule has 0 aliphatic carbocycles. The lowest BCUT2D eigenvalue weighted by Gasteiger charge is -2.02. The molecule has 4 heteroatoms. The highest BCUT2D eigenvalue weighted by Gasteiger charge is 2.10. The van der Waals surface area contributed by atoms with E-state index in [-0.39, 0.29) is 11.4 Å². The fourth-order valence-corrected chi connectivity index (χ4v) is 1.78. The van der Waals surface area contributed by atoms with Crippen LogP contribution in [0.3, 0.4) is 0 Å². The van der Waals surface area contributed by atoms with Crippen molar-refractivity contribution in [3.05, 3.63) is 30.3 Å². The third kappa shape index (κ3) is 2.58. The van der Waals surface area contributed by atoms with Crippen molar-refractivity contribution in [3.8, 4) is 12.3 Å². The molecule has 1 aromatic rings. The highest BCUT2D eigenvalue weighted by Crippen LogP contribution is 2.05. The number of hydrogen-bond donors (Lipinski definition) is 1. The maximum atomic E-state index is 11.4. The largest absolute Gasteiger partial charge is 0.241 e. The van der Waals surface area contributed by atoms with Gasteiger partial charge in [-0.25, -0.2) is 8.42 Å². The Morgan fingerprint density at radius 2 is 1.92 bits per heavy atom. The van der Waals surface area contributed by atoms with Gasteiger partial charge in [0.05, 0.1) is 11.4 Å². The van der Waals surface area contributed by atoms with Gasteiger partial charge in [-0.3, -0.25) is 0 Å². The average Bonchev–Trinajstić information content (AvgIpc) is 2.16. The molecular formula is C9H9NO2S. The van der Waals surface area contributed by atoms with Gasteiger partial charge in [0.15, 0.2) is 0 Å². The molecule has 0 spiro atoms. The Labute approximate surface area is 77.8 Å². The van der Waals surface area contributed by atoms with Gasteiger partial charge in [-0.2, -0.15) is 4.72 Å². The molecule has 1 rings (SSSR count). The van der Waals surface area contributed by atoms with Crippen molar-refractivity contribution in [1.82, 2.24) is 4.72 Å². The predicted octanol–water partition coefficient (Wildman–Crippen LogP) is 0.598. The summed E-state index contributed by atoms with van der Waals surface area (Å²) in [5, 5.41) is 0. The van der Waals surface area contributed by atoms with Crippen LogP contribution in [0, 0.1) is 12.3 Å². The summed E-state index contributed by atoms with van der Waals surface area (Å²) in [5.74, 6) is 2.20. The molecule has 0 fully saturated rings. The van der Waals surface area contributed by atoms with Crippen LogP contribution in [0.4, 0.5) is 0 Å². The fourth-order valence-electron chi connectivity index (χ4n) is 0.820. The molecule has 1 aromatic carbocycles. The summed E-state index contributed by atoms with van der Waals surface area (Å²) in [6.07, 6.45) is 4.94. The molecule has 0 aliphatic rings. The molecule has 0 saturated heterocycles. The van der Waals surface area contributed by atoms with E-state index in [1.165, 1.54) is 12.1 Å². The van der Waals surface area contributed by atoms with Crippen LogP contribution in [0.2, 0.25) is 0 Å². The predicted molar refractivity (Wildman–Crippen MR) is 50.5 cm³/mol. The molecule has 0 radical (unpaired) electrons. The quantitative estimate of drug-likeness (QED) is 0.718. The zero-order valence-corrected chi connectivity index (χ0v) is 7.71. The topological polar surface area (TPSA) is 46.2 Å². The summed E-state index contributed by atoms with van der Waals surface area (Å²) in [6.45, 7) is 0.0111. The summed E-state index contributed by atoms with van der Waals surface area (Å²) >= 11 is 0. The van der Waals surface area contributed by atoms with Crippen molar-refractivity contribution in [2.24, 2.45) is 0 Å². The van der Waals surface area contributed by atoms with E-state index < -0.39 is 10.0 Å². The molecule has 68 valence electrons. The SMILES string of the molecule is C#CCNS(=O)(=O)c1ccccc1. The summed E-state index contributed by atoms with van der Waals surface area (Å²) in [4.78, 5) is 0.227. The van der Waals surface area contributed by atoms with Gasteiger partial charge in [0, 0.05) is 0 Å². The molecule has 1 N–H and O–H groups in total. The maximum Gasteiger partial charge on any atom is 0.241 e. The van der Waals surface area contributed by atoms with E-state index in [0.29, 0.717) is 0 Å². The molecule has 0 aromatic heterocycles. The van der Waals surface area contributed by atoms with Crippen molar-refractivity contribution in [3.63, 3.8) is 0 Å². The van der Waals surface area contributed by atoms with Crippen molar-refractivity contribution < 1.29 is 8.42 Å². The van der Waals surface area contributed by atoms with E-state index in [4.69, 9.17) is 6.42 Å². The summed E-state index contributed by atoms with van der Waals surface area (Å²) in [7, 11) is -3.41. The van der Waals surface area contributed by atoms with Crippen LogP contribution in [-0.4, -0.2) is 15.0 Å². The van der Waals surface area contributed by atoms with Crippen LogP contribution in [0.5, 0.6) is 0 Å². The highest BCUT2D eigenvalue weighted by atomic mass is 32.2. The van der Waals surface area contributed by atoms with Crippen LogP contribution in [0.15, 0.2) is 35.2 Å². The van der Waals surface area contributed by atoms with E-state index in [1.54, 1.807) is 18.2 Å².